The first kappa shape index (κ1) is 36.2. The number of sulfonamides is 1. The van der Waals surface area contributed by atoms with Gasteiger partial charge < -0.3 is 15.5 Å². The van der Waals surface area contributed by atoms with Gasteiger partial charge in [-0.15, -0.1) is 0 Å². The van der Waals surface area contributed by atoms with Crippen LogP contribution in [0, 0.1) is 0 Å². The largest absolute Gasteiger partial charge is 0.421 e. The van der Waals surface area contributed by atoms with E-state index in [9.17, 15) is 31.2 Å². The number of amides is 3. The van der Waals surface area contributed by atoms with Crippen LogP contribution < -0.4 is 30.1 Å². The molecule has 19 heteroatoms. The number of nitrogens with zero attached hydrogens (tertiary/aromatic N) is 8. The molecule has 0 spiro atoms. The summed E-state index contributed by atoms with van der Waals surface area (Å²) in [6.07, 6.45) is 1.89. The van der Waals surface area contributed by atoms with Crippen LogP contribution in [-0.4, -0.2) is 91.2 Å². The van der Waals surface area contributed by atoms with Crippen molar-refractivity contribution in [3.05, 3.63) is 83.9 Å². The molecule has 4 aromatic rings. The molecular weight excluding hydrogens is 703 g/mol. The number of alkyl halides is 3. The van der Waals surface area contributed by atoms with Crippen molar-refractivity contribution in [3.8, 4) is 0 Å². The highest BCUT2D eigenvalue weighted by atomic mass is 32.2. The van der Waals surface area contributed by atoms with Crippen LogP contribution >= 0.6 is 0 Å². The van der Waals surface area contributed by atoms with E-state index in [0.29, 0.717) is 36.2 Å². The average Bonchev–Trinajstić information content (AvgIpc) is 3.11. The van der Waals surface area contributed by atoms with Gasteiger partial charge in [0.15, 0.2) is 0 Å². The van der Waals surface area contributed by atoms with Gasteiger partial charge >= 0.3 is 12.2 Å². The number of piperazine rings is 1. The van der Waals surface area contributed by atoms with E-state index in [0.717, 1.165) is 48.0 Å². The van der Waals surface area contributed by atoms with Gasteiger partial charge in [-0.05, 0) is 42.0 Å². The lowest BCUT2D eigenvalue weighted by Gasteiger charge is -2.37. The second-order valence-electron chi connectivity index (χ2n) is 12.2. The Morgan fingerprint density at radius 2 is 1.69 bits per heavy atom. The van der Waals surface area contributed by atoms with Crippen molar-refractivity contribution in [2.45, 2.75) is 25.7 Å². The van der Waals surface area contributed by atoms with Crippen molar-refractivity contribution in [2.75, 3.05) is 70.8 Å². The number of urea groups is 1. The Hall–Kier alpha value is -5.56. The average molecular weight is 740 g/mol. The summed E-state index contributed by atoms with van der Waals surface area (Å²) in [5, 5.41) is 8.00. The zero-order valence-electron chi connectivity index (χ0n) is 28.3. The van der Waals surface area contributed by atoms with Gasteiger partial charge in [0.05, 0.1) is 18.1 Å². The molecule has 0 atom stereocenters. The smallest absolute Gasteiger partial charge is 0.369 e. The number of pyridine rings is 2. The molecule has 0 aliphatic carbocycles. The minimum absolute atomic E-state index is 0.0688. The molecule has 0 radical (unpaired) electrons. The van der Waals surface area contributed by atoms with Crippen LogP contribution in [0.15, 0.2) is 67.3 Å². The molecule has 3 aromatic heterocycles. The van der Waals surface area contributed by atoms with Gasteiger partial charge in [0.25, 0.3) is 0 Å². The van der Waals surface area contributed by atoms with Crippen LogP contribution in [0.3, 0.4) is 0 Å². The molecule has 1 aromatic carbocycles. The number of nitrogens with one attached hydrogen (secondary N) is 3. The molecule has 3 N–H and O–H groups in total. The number of anilines is 6. The van der Waals surface area contributed by atoms with Gasteiger partial charge in [-0.2, -0.15) is 18.2 Å². The van der Waals surface area contributed by atoms with Gasteiger partial charge in [0.2, 0.25) is 21.9 Å². The molecule has 2 saturated heterocycles. The van der Waals surface area contributed by atoms with Crippen LogP contribution in [0.5, 0.6) is 0 Å². The van der Waals surface area contributed by atoms with Crippen molar-refractivity contribution >= 4 is 56.6 Å². The van der Waals surface area contributed by atoms with Crippen molar-refractivity contribution < 1.29 is 31.2 Å². The van der Waals surface area contributed by atoms with Gasteiger partial charge in [-0.1, -0.05) is 6.07 Å². The second kappa shape index (κ2) is 15.0. The van der Waals surface area contributed by atoms with Crippen molar-refractivity contribution in [2.24, 2.45) is 0 Å². The molecular formula is C33H36F3N11O4S. The number of rotatable bonds is 11. The monoisotopic (exact) mass is 739 g/mol. The van der Waals surface area contributed by atoms with E-state index < -0.39 is 33.6 Å². The van der Waals surface area contributed by atoms with E-state index in [1.54, 1.807) is 41.6 Å². The molecule has 5 heterocycles. The lowest BCUT2D eigenvalue weighted by atomic mass is 10.1. The number of halogens is 3. The fraction of sp³-hybridized carbons (Fsp3) is 0.333. The summed E-state index contributed by atoms with van der Waals surface area (Å²) in [4.78, 5) is 46.4. The molecule has 2 fully saturated rings. The summed E-state index contributed by atoms with van der Waals surface area (Å²) in [7, 11) is -2.36. The molecule has 3 amide bonds. The van der Waals surface area contributed by atoms with Gasteiger partial charge in [-0.3, -0.25) is 29.2 Å². The Morgan fingerprint density at radius 3 is 2.38 bits per heavy atom. The standard InChI is InChI=1S/C33H36F3N11O4S/c1-44(52(2,50)51)30-22(4-3-11-38-30)18-39-29-26(33(34,35)36)19-40-31(43-29)41-24-5-7-25(8-6-24)46-16-14-45(15-17-46)21-23-9-12-37-20-27(23)47-13-10-28(48)42-32(47)49/h3-9,11-12,19-20H,10,13-18,21H2,1-2H3,(H,42,48,49)(H2,39,40,41,43). The normalized spacial score (nSPS) is 15.7. The fourth-order valence-corrected chi connectivity index (χ4v) is 6.33. The maximum atomic E-state index is 13.9. The summed E-state index contributed by atoms with van der Waals surface area (Å²) < 4.78 is 66.8. The van der Waals surface area contributed by atoms with Crippen LogP contribution in [0.1, 0.15) is 23.1 Å². The summed E-state index contributed by atoms with van der Waals surface area (Å²) >= 11 is 0. The van der Waals surface area contributed by atoms with E-state index >= 15 is 0 Å². The van der Waals surface area contributed by atoms with E-state index in [1.807, 2.05) is 18.2 Å². The van der Waals surface area contributed by atoms with Crippen molar-refractivity contribution in [1.82, 2.24) is 30.2 Å². The van der Waals surface area contributed by atoms with Crippen LogP contribution in [0.2, 0.25) is 0 Å². The van der Waals surface area contributed by atoms with Crippen molar-refractivity contribution in [3.63, 3.8) is 0 Å². The van der Waals surface area contributed by atoms with E-state index in [-0.39, 0.29) is 30.6 Å². The Labute approximate surface area is 297 Å². The van der Waals surface area contributed by atoms with Gasteiger partial charge in [0, 0.05) is 94.8 Å². The van der Waals surface area contributed by atoms with Crippen LogP contribution in [0.25, 0.3) is 0 Å². The van der Waals surface area contributed by atoms with Crippen LogP contribution in [0.4, 0.5) is 52.6 Å². The number of hydrogen-bond acceptors (Lipinski definition) is 12. The first-order valence-corrected chi connectivity index (χ1v) is 18.1. The lowest BCUT2D eigenvalue weighted by molar-refractivity contribution is -0.137. The van der Waals surface area contributed by atoms with Gasteiger partial charge in [0.1, 0.15) is 17.2 Å². The molecule has 52 heavy (non-hydrogen) atoms. The summed E-state index contributed by atoms with van der Waals surface area (Å²) in [6, 6.07) is 11.9. The third kappa shape index (κ3) is 8.48. The number of hydrogen-bond donors (Lipinski definition) is 3. The highest BCUT2D eigenvalue weighted by Crippen LogP contribution is 2.35. The molecule has 0 saturated carbocycles. The molecule has 15 nitrogen and oxygen atoms in total. The number of benzene rings is 1. The molecule has 274 valence electrons. The molecule has 6 rings (SSSR count). The van der Waals surface area contributed by atoms with E-state index in [4.69, 9.17) is 0 Å². The predicted octanol–water partition coefficient (Wildman–Crippen LogP) is 3.81. The van der Waals surface area contributed by atoms with E-state index in [2.05, 4.69) is 45.7 Å². The Kier molecular flexibility index (Phi) is 10.4. The first-order valence-electron chi connectivity index (χ1n) is 16.2. The zero-order valence-corrected chi connectivity index (χ0v) is 29.1. The maximum absolute atomic E-state index is 13.9. The lowest BCUT2D eigenvalue weighted by Crippen LogP contribution is -2.50. The summed E-state index contributed by atoms with van der Waals surface area (Å²) in [5.74, 6) is -0.771. The Balaban J connectivity index is 1.08. The minimum atomic E-state index is -4.75. The summed E-state index contributed by atoms with van der Waals surface area (Å²) in [6.45, 7) is 3.71. The number of carbonyl (C=O) groups is 2. The van der Waals surface area contributed by atoms with Crippen molar-refractivity contribution in [1.29, 1.82) is 0 Å². The number of imide groups is 1. The highest BCUT2D eigenvalue weighted by molar-refractivity contribution is 7.92. The second-order valence-corrected chi connectivity index (χ2v) is 14.2. The quantitative estimate of drug-likeness (QED) is 0.204. The molecule has 2 aliphatic rings. The zero-order chi connectivity index (χ0) is 37.0. The third-order valence-electron chi connectivity index (χ3n) is 8.69. The number of aromatic nitrogens is 4. The Bertz CT molecular complexity index is 2040. The fourth-order valence-electron chi connectivity index (χ4n) is 5.85. The topological polar surface area (TPSA) is 169 Å². The Morgan fingerprint density at radius 1 is 0.942 bits per heavy atom. The van der Waals surface area contributed by atoms with Gasteiger partial charge in [-0.25, -0.2) is 23.2 Å². The van der Waals surface area contributed by atoms with Crippen LogP contribution in [-0.2, 0) is 34.1 Å². The molecule has 2 aliphatic heterocycles. The highest BCUT2D eigenvalue weighted by Gasteiger charge is 2.35. The SMILES string of the molecule is CN(c1ncccc1CNc1nc(Nc2ccc(N3CCN(Cc4ccncc4N4CCC(=O)NC4=O)CC3)cc2)ncc1C(F)(F)F)S(C)(=O)=O. The molecule has 0 unspecified atom stereocenters. The molecule has 0 bridgehead atoms. The predicted molar refractivity (Wildman–Crippen MR) is 189 cm³/mol. The third-order valence-corrected chi connectivity index (χ3v) is 9.86. The minimum Gasteiger partial charge on any atom is -0.369 e. The first-order chi connectivity index (χ1) is 24.8. The number of carbonyl (C=O) groups excluding carboxylic acids is 2. The van der Waals surface area contributed by atoms with E-state index in [1.165, 1.54) is 13.2 Å². The maximum Gasteiger partial charge on any atom is 0.421 e. The summed E-state index contributed by atoms with van der Waals surface area (Å²) in [5.41, 5.74) is 2.41.